The number of rotatable bonds is 2. The van der Waals surface area contributed by atoms with Crippen LogP contribution in [0.4, 0.5) is 0 Å². The quantitative estimate of drug-likeness (QED) is 0.711. The van der Waals surface area contributed by atoms with E-state index in [4.69, 9.17) is 14.2 Å². The van der Waals surface area contributed by atoms with E-state index in [0.29, 0.717) is 24.3 Å². The van der Waals surface area contributed by atoms with Crippen molar-refractivity contribution in [1.82, 2.24) is 19.6 Å². The Balaban J connectivity index is 1.46. The van der Waals surface area contributed by atoms with Gasteiger partial charge in [0.2, 0.25) is 11.7 Å². The van der Waals surface area contributed by atoms with Crippen molar-refractivity contribution < 1.29 is 9.26 Å². The van der Waals surface area contributed by atoms with Crippen LogP contribution in [0.5, 0.6) is 0 Å². The molecule has 1 unspecified atom stereocenters. The van der Waals surface area contributed by atoms with Gasteiger partial charge in [-0.05, 0) is 37.9 Å². The van der Waals surface area contributed by atoms with Gasteiger partial charge in [-0.15, -0.1) is 0 Å². The van der Waals surface area contributed by atoms with Crippen molar-refractivity contribution in [3.05, 3.63) is 35.9 Å². The monoisotopic (exact) mass is 350 g/mol. The van der Waals surface area contributed by atoms with Crippen molar-refractivity contribution >= 4 is 10.9 Å². The van der Waals surface area contributed by atoms with Gasteiger partial charge in [0, 0.05) is 24.0 Å². The molecular weight excluding hydrogens is 328 g/mol. The summed E-state index contributed by atoms with van der Waals surface area (Å²) >= 11 is 0. The molecule has 6 heterocycles. The lowest BCUT2D eigenvalue weighted by atomic mass is 9.79. The number of nitrogens with zero attached hydrogens (tertiary/aromatic N) is 4. The zero-order chi connectivity index (χ0) is 17.1. The molecule has 134 valence electrons. The maximum atomic E-state index is 5.78. The standard InChI is InChI=1S/C20H22N4O2/c1-2-4-16-14(3-1)18(17-12-25-10-9-24(16)17)19-21-20(26-22-19)15-11-23-7-5-13(15)6-8-23/h1-4,13,15H,5-12H2. The molecule has 4 aliphatic rings. The summed E-state index contributed by atoms with van der Waals surface area (Å²) in [6, 6.07) is 8.49. The van der Waals surface area contributed by atoms with Crippen LogP contribution in [0.3, 0.4) is 0 Å². The summed E-state index contributed by atoms with van der Waals surface area (Å²) in [5.74, 6) is 2.61. The minimum Gasteiger partial charge on any atom is -0.373 e. The molecule has 6 heteroatoms. The lowest BCUT2D eigenvalue weighted by Crippen LogP contribution is -2.46. The molecule has 0 aliphatic carbocycles. The van der Waals surface area contributed by atoms with Crippen molar-refractivity contribution in [2.75, 3.05) is 26.2 Å². The molecule has 3 aromatic rings. The average Bonchev–Trinajstić information content (AvgIpc) is 3.31. The molecule has 2 aromatic heterocycles. The molecule has 0 spiro atoms. The van der Waals surface area contributed by atoms with E-state index in [2.05, 4.69) is 38.9 Å². The first-order valence-electron chi connectivity index (χ1n) is 9.62. The largest absolute Gasteiger partial charge is 0.373 e. The molecule has 0 saturated carbocycles. The summed E-state index contributed by atoms with van der Waals surface area (Å²) in [4.78, 5) is 7.41. The van der Waals surface area contributed by atoms with Crippen LogP contribution < -0.4 is 0 Å². The maximum absolute atomic E-state index is 5.78. The number of fused-ring (bicyclic) bond motifs is 6. The van der Waals surface area contributed by atoms with Crippen LogP contribution in [0, 0.1) is 5.92 Å². The van der Waals surface area contributed by atoms with E-state index in [1.54, 1.807) is 0 Å². The Hall–Kier alpha value is -2.18. The highest BCUT2D eigenvalue weighted by Gasteiger charge is 2.38. The highest BCUT2D eigenvalue weighted by molar-refractivity contribution is 5.96. The molecule has 4 aliphatic heterocycles. The molecule has 0 N–H and O–H groups in total. The first-order valence-corrected chi connectivity index (χ1v) is 9.62. The van der Waals surface area contributed by atoms with Crippen molar-refractivity contribution in [2.24, 2.45) is 5.92 Å². The Morgan fingerprint density at radius 1 is 1.08 bits per heavy atom. The van der Waals surface area contributed by atoms with Gasteiger partial charge in [0.05, 0.1) is 30.4 Å². The summed E-state index contributed by atoms with van der Waals surface area (Å²) in [6.07, 6.45) is 2.50. The van der Waals surface area contributed by atoms with Crippen molar-refractivity contribution in [3.63, 3.8) is 0 Å². The third-order valence-electron chi connectivity index (χ3n) is 6.42. The van der Waals surface area contributed by atoms with Gasteiger partial charge in [-0.25, -0.2) is 0 Å². The van der Waals surface area contributed by atoms with Gasteiger partial charge in [-0.1, -0.05) is 23.4 Å². The maximum Gasteiger partial charge on any atom is 0.231 e. The second-order valence-corrected chi connectivity index (χ2v) is 7.74. The van der Waals surface area contributed by atoms with E-state index in [0.717, 1.165) is 31.2 Å². The molecule has 3 fully saturated rings. The van der Waals surface area contributed by atoms with E-state index >= 15 is 0 Å². The van der Waals surface area contributed by atoms with Crippen LogP contribution in [0.25, 0.3) is 22.3 Å². The predicted molar refractivity (Wildman–Crippen MR) is 96.8 cm³/mol. The first kappa shape index (κ1) is 14.9. The van der Waals surface area contributed by atoms with Crippen LogP contribution in [0.1, 0.15) is 30.3 Å². The number of piperidine rings is 3. The minimum absolute atomic E-state index is 0.389. The van der Waals surface area contributed by atoms with Crippen LogP contribution >= 0.6 is 0 Å². The zero-order valence-corrected chi connectivity index (χ0v) is 14.7. The smallest absolute Gasteiger partial charge is 0.231 e. The third kappa shape index (κ3) is 2.12. The minimum atomic E-state index is 0.389. The molecule has 2 bridgehead atoms. The van der Waals surface area contributed by atoms with Gasteiger partial charge in [-0.3, -0.25) is 0 Å². The van der Waals surface area contributed by atoms with Gasteiger partial charge < -0.3 is 18.7 Å². The summed E-state index contributed by atoms with van der Waals surface area (Å²) in [5.41, 5.74) is 3.48. The summed E-state index contributed by atoms with van der Waals surface area (Å²) in [6.45, 7) is 5.73. The Morgan fingerprint density at radius 2 is 1.96 bits per heavy atom. The fourth-order valence-electron chi connectivity index (χ4n) is 5.07. The average molecular weight is 350 g/mol. The summed E-state index contributed by atoms with van der Waals surface area (Å²) in [7, 11) is 0. The Bertz CT molecular complexity index is 968. The summed E-state index contributed by atoms with van der Waals surface area (Å²) in [5, 5.41) is 5.59. The van der Waals surface area contributed by atoms with Crippen molar-refractivity contribution in [1.29, 1.82) is 0 Å². The van der Waals surface area contributed by atoms with E-state index in [-0.39, 0.29) is 0 Å². The molecule has 1 atom stereocenters. The number of benzene rings is 1. The molecule has 26 heavy (non-hydrogen) atoms. The van der Waals surface area contributed by atoms with E-state index < -0.39 is 0 Å². The fraction of sp³-hybridized carbons (Fsp3) is 0.500. The van der Waals surface area contributed by atoms with Crippen LogP contribution in [-0.4, -0.2) is 45.8 Å². The Kier molecular flexibility index (Phi) is 3.25. The SMILES string of the molecule is c1ccc2c(c1)c(-c1noc(C3CN4CCC3CC4)n1)c1n2CCOC1. The molecule has 0 amide bonds. The molecule has 3 saturated heterocycles. The van der Waals surface area contributed by atoms with Gasteiger partial charge in [-0.2, -0.15) is 4.98 Å². The van der Waals surface area contributed by atoms with Crippen molar-refractivity contribution in [2.45, 2.75) is 31.9 Å². The second kappa shape index (κ2) is 5.66. The molecule has 1 aromatic carbocycles. The third-order valence-corrected chi connectivity index (χ3v) is 6.42. The lowest BCUT2D eigenvalue weighted by molar-refractivity contribution is 0.0727. The first-order chi connectivity index (χ1) is 12.9. The van der Waals surface area contributed by atoms with Crippen LogP contribution in [0.2, 0.25) is 0 Å². The molecule has 0 radical (unpaired) electrons. The Labute approximate surface area is 151 Å². The van der Waals surface area contributed by atoms with Gasteiger partial charge in [0.15, 0.2) is 0 Å². The normalized spacial score (nSPS) is 27.8. The van der Waals surface area contributed by atoms with Gasteiger partial charge >= 0.3 is 0 Å². The fourth-order valence-corrected chi connectivity index (χ4v) is 5.07. The predicted octanol–water partition coefficient (Wildman–Crippen LogP) is 3.03. The topological polar surface area (TPSA) is 56.3 Å². The zero-order valence-electron chi connectivity index (χ0n) is 14.7. The van der Waals surface area contributed by atoms with Crippen molar-refractivity contribution in [3.8, 4) is 11.4 Å². The molecular formula is C20H22N4O2. The lowest BCUT2D eigenvalue weighted by Gasteiger charge is -2.43. The van der Waals surface area contributed by atoms with Crippen LogP contribution in [0.15, 0.2) is 28.8 Å². The number of hydrogen-bond acceptors (Lipinski definition) is 5. The number of ether oxygens (including phenoxy) is 1. The van der Waals surface area contributed by atoms with Gasteiger partial charge in [0.25, 0.3) is 0 Å². The van der Waals surface area contributed by atoms with E-state index in [1.165, 1.54) is 42.5 Å². The molecule has 6 nitrogen and oxygen atoms in total. The number of aromatic nitrogens is 3. The molecule has 7 rings (SSSR count). The van der Waals surface area contributed by atoms with Gasteiger partial charge in [0.1, 0.15) is 0 Å². The number of hydrogen-bond donors (Lipinski definition) is 0. The number of para-hydroxylation sites is 1. The van der Waals surface area contributed by atoms with Crippen LogP contribution in [-0.2, 0) is 17.9 Å². The van der Waals surface area contributed by atoms with E-state index in [1.807, 2.05) is 0 Å². The highest BCUT2D eigenvalue weighted by atomic mass is 16.5. The van der Waals surface area contributed by atoms with E-state index in [9.17, 15) is 0 Å². The highest BCUT2D eigenvalue weighted by Crippen LogP contribution is 2.40. The second-order valence-electron chi connectivity index (χ2n) is 7.74. The summed E-state index contributed by atoms with van der Waals surface area (Å²) < 4.78 is 13.9. The Morgan fingerprint density at radius 3 is 2.81 bits per heavy atom.